The van der Waals surface area contributed by atoms with Crippen LogP contribution in [0.15, 0.2) is 24.3 Å². The molecule has 2 amide bonds. The third kappa shape index (κ3) is 3.88. The maximum Gasteiger partial charge on any atom is 0.253 e. The summed E-state index contributed by atoms with van der Waals surface area (Å²) < 4.78 is 0. The van der Waals surface area contributed by atoms with Crippen LogP contribution >= 0.6 is 11.8 Å². The number of nitrogens with one attached hydrogen (secondary N) is 1. The molecule has 2 rings (SSSR count). The molecule has 1 N–H and O–H groups in total. The van der Waals surface area contributed by atoms with Crippen LogP contribution in [0.4, 0.5) is 5.69 Å². The van der Waals surface area contributed by atoms with Crippen LogP contribution in [0.1, 0.15) is 37.0 Å². The minimum atomic E-state index is -0.173. The van der Waals surface area contributed by atoms with E-state index >= 15 is 0 Å². The van der Waals surface area contributed by atoms with Gasteiger partial charge in [-0.25, -0.2) is 0 Å². The number of nitrogens with zero attached hydrogens (tertiary/aromatic N) is 1. The predicted molar refractivity (Wildman–Crippen MR) is 88.1 cm³/mol. The van der Waals surface area contributed by atoms with Crippen molar-refractivity contribution in [3.05, 3.63) is 29.8 Å². The summed E-state index contributed by atoms with van der Waals surface area (Å²) >= 11 is 1.19. The normalized spacial score (nSPS) is 17.6. The smallest absolute Gasteiger partial charge is 0.253 e. The molecule has 6 heteroatoms. The van der Waals surface area contributed by atoms with Gasteiger partial charge in [0.1, 0.15) is 0 Å². The quantitative estimate of drug-likeness (QED) is 0.903. The largest absolute Gasteiger partial charge is 0.352 e. The van der Waals surface area contributed by atoms with E-state index in [2.05, 4.69) is 5.32 Å². The van der Waals surface area contributed by atoms with Gasteiger partial charge < -0.3 is 10.2 Å². The SMILES string of the molecule is CCCNC(=O)c1ccccc1N1CC(SC(C)=O)CC1=O. The van der Waals surface area contributed by atoms with Crippen molar-refractivity contribution < 1.29 is 14.4 Å². The van der Waals surface area contributed by atoms with E-state index in [4.69, 9.17) is 0 Å². The fourth-order valence-corrected chi connectivity index (χ4v) is 3.38. The Bertz CT molecular complexity index is 589. The molecule has 1 aromatic rings. The zero-order valence-corrected chi connectivity index (χ0v) is 13.6. The van der Waals surface area contributed by atoms with Crippen LogP contribution in [0.25, 0.3) is 0 Å². The number of carbonyl (C=O) groups is 3. The van der Waals surface area contributed by atoms with E-state index in [0.717, 1.165) is 6.42 Å². The molecule has 1 aliphatic rings. The Balaban J connectivity index is 2.20. The van der Waals surface area contributed by atoms with E-state index in [0.29, 0.717) is 30.8 Å². The maximum atomic E-state index is 12.2. The van der Waals surface area contributed by atoms with Crippen LogP contribution in [-0.4, -0.2) is 35.3 Å². The second-order valence-electron chi connectivity index (χ2n) is 5.21. The van der Waals surface area contributed by atoms with Crippen molar-refractivity contribution in [1.82, 2.24) is 5.32 Å². The first-order valence-electron chi connectivity index (χ1n) is 7.37. The molecule has 5 nitrogen and oxygen atoms in total. The molecule has 0 aromatic heterocycles. The molecule has 1 fully saturated rings. The molecule has 1 aliphatic heterocycles. The van der Waals surface area contributed by atoms with E-state index in [1.54, 1.807) is 23.1 Å². The minimum Gasteiger partial charge on any atom is -0.352 e. The van der Waals surface area contributed by atoms with Crippen LogP contribution in [0, 0.1) is 0 Å². The van der Waals surface area contributed by atoms with Crippen molar-refractivity contribution in [2.45, 2.75) is 31.9 Å². The Kier molecular flexibility index (Phi) is 5.60. The van der Waals surface area contributed by atoms with Crippen molar-refractivity contribution in [2.75, 3.05) is 18.0 Å². The molecular weight excluding hydrogens is 300 g/mol. The number of para-hydroxylation sites is 1. The average molecular weight is 320 g/mol. The zero-order valence-electron chi connectivity index (χ0n) is 12.8. The Labute approximate surface area is 134 Å². The van der Waals surface area contributed by atoms with Crippen molar-refractivity contribution in [1.29, 1.82) is 0 Å². The molecule has 1 heterocycles. The predicted octanol–water partition coefficient (Wildman–Crippen LogP) is 2.21. The van der Waals surface area contributed by atoms with Crippen molar-refractivity contribution in [2.24, 2.45) is 0 Å². The van der Waals surface area contributed by atoms with Gasteiger partial charge >= 0.3 is 0 Å². The average Bonchev–Trinajstić information content (AvgIpc) is 2.84. The Morgan fingerprint density at radius 3 is 2.77 bits per heavy atom. The number of hydrogen-bond acceptors (Lipinski definition) is 4. The monoisotopic (exact) mass is 320 g/mol. The minimum absolute atomic E-state index is 0.00799. The Morgan fingerprint density at radius 1 is 1.36 bits per heavy atom. The lowest BCUT2D eigenvalue weighted by Gasteiger charge is -2.19. The third-order valence-electron chi connectivity index (χ3n) is 3.40. The van der Waals surface area contributed by atoms with Crippen molar-refractivity contribution in [3.63, 3.8) is 0 Å². The number of thioether (sulfide) groups is 1. The Hall–Kier alpha value is -1.82. The summed E-state index contributed by atoms with van der Waals surface area (Å²) in [5, 5.41) is 2.80. The van der Waals surface area contributed by atoms with Gasteiger partial charge in [0.05, 0.1) is 11.3 Å². The molecular formula is C16H20N2O3S. The lowest BCUT2D eigenvalue weighted by molar-refractivity contribution is -0.117. The molecule has 1 atom stereocenters. The fourth-order valence-electron chi connectivity index (χ4n) is 2.46. The van der Waals surface area contributed by atoms with Crippen LogP contribution in [-0.2, 0) is 9.59 Å². The highest BCUT2D eigenvalue weighted by Gasteiger charge is 2.33. The first-order chi connectivity index (χ1) is 10.5. The van der Waals surface area contributed by atoms with Crippen LogP contribution in [0.3, 0.4) is 0 Å². The molecule has 0 radical (unpaired) electrons. The van der Waals surface area contributed by atoms with E-state index in [-0.39, 0.29) is 22.2 Å². The van der Waals surface area contributed by atoms with Crippen molar-refractivity contribution in [3.8, 4) is 0 Å². The summed E-state index contributed by atoms with van der Waals surface area (Å²) in [5.74, 6) is -0.220. The lowest BCUT2D eigenvalue weighted by Crippen LogP contribution is -2.30. The highest BCUT2D eigenvalue weighted by molar-refractivity contribution is 8.14. The molecule has 0 spiro atoms. The molecule has 0 aliphatic carbocycles. The number of amides is 2. The van der Waals surface area contributed by atoms with Gasteiger partial charge in [0.25, 0.3) is 5.91 Å². The summed E-state index contributed by atoms with van der Waals surface area (Å²) in [5.41, 5.74) is 1.12. The van der Waals surface area contributed by atoms with Gasteiger partial charge in [0, 0.05) is 31.7 Å². The zero-order chi connectivity index (χ0) is 16.1. The van der Waals surface area contributed by atoms with Crippen LogP contribution < -0.4 is 10.2 Å². The number of rotatable bonds is 5. The van der Waals surface area contributed by atoms with E-state index in [1.807, 2.05) is 13.0 Å². The van der Waals surface area contributed by atoms with Gasteiger partial charge in [-0.15, -0.1) is 0 Å². The first-order valence-corrected chi connectivity index (χ1v) is 8.25. The molecule has 1 unspecified atom stereocenters. The third-order valence-corrected chi connectivity index (χ3v) is 4.38. The van der Waals surface area contributed by atoms with Gasteiger partial charge in [-0.1, -0.05) is 30.8 Å². The van der Waals surface area contributed by atoms with Gasteiger partial charge in [0.15, 0.2) is 5.12 Å². The molecule has 0 saturated carbocycles. The first kappa shape index (κ1) is 16.5. The molecule has 118 valence electrons. The van der Waals surface area contributed by atoms with Gasteiger partial charge in [0.2, 0.25) is 5.91 Å². The fraction of sp³-hybridized carbons (Fsp3) is 0.438. The molecule has 1 saturated heterocycles. The summed E-state index contributed by atoms with van der Waals surface area (Å²) in [4.78, 5) is 37.3. The topological polar surface area (TPSA) is 66.5 Å². The summed E-state index contributed by atoms with van der Waals surface area (Å²) in [6, 6.07) is 7.09. The summed E-state index contributed by atoms with van der Waals surface area (Å²) in [6.07, 6.45) is 1.18. The van der Waals surface area contributed by atoms with E-state index in [1.165, 1.54) is 18.7 Å². The van der Waals surface area contributed by atoms with Crippen LogP contribution in [0.2, 0.25) is 0 Å². The summed E-state index contributed by atoms with van der Waals surface area (Å²) in [7, 11) is 0. The molecule has 1 aromatic carbocycles. The lowest BCUT2D eigenvalue weighted by atomic mass is 10.1. The molecule has 22 heavy (non-hydrogen) atoms. The standard InChI is InChI=1S/C16H20N2O3S/c1-3-8-17-16(21)13-6-4-5-7-14(13)18-10-12(9-15(18)20)22-11(2)19/h4-7,12H,3,8-10H2,1-2H3,(H,17,21). The number of anilines is 1. The van der Waals surface area contributed by atoms with Gasteiger partial charge in [-0.2, -0.15) is 0 Å². The highest BCUT2D eigenvalue weighted by atomic mass is 32.2. The van der Waals surface area contributed by atoms with Gasteiger partial charge in [-0.3, -0.25) is 14.4 Å². The number of hydrogen-bond donors (Lipinski definition) is 1. The number of benzene rings is 1. The Morgan fingerprint density at radius 2 is 2.09 bits per heavy atom. The second kappa shape index (κ2) is 7.45. The highest BCUT2D eigenvalue weighted by Crippen LogP contribution is 2.30. The molecule has 0 bridgehead atoms. The summed E-state index contributed by atoms with van der Waals surface area (Å²) in [6.45, 7) is 4.55. The van der Waals surface area contributed by atoms with Crippen molar-refractivity contribution >= 4 is 34.4 Å². The van der Waals surface area contributed by atoms with Gasteiger partial charge in [-0.05, 0) is 18.6 Å². The maximum absolute atomic E-state index is 12.2. The second-order valence-corrected chi connectivity index (χ2v) is 6.69. The van der Waals surface area contributed by atoms with E-state index in [9.17, 15) is 14.4 Å². The number of carbonyl (C=O) groups excluding carboxylic acids is 3. The van der Waals surface area contributed by atoms with E-state index < -0.39 is 0 Å². The van der Waals surface area contributed by atoms with Crippen LogP contribution in [0.5, 0.6) is 0 Å².